The number of amides is 1. The van der Waals surface area contributed by atoms with Gasteiger partial charge in [0.1, 0.15) is 5.60 Å². The van der Waals surface area contributed by atoms with E-state index < -0.39 is 16.9 Å². The summed E-state index contributed by atoms with van der Waals surface area (Å²) in [5.41, 5.74) is -0.746. The molecule has 0 saturated carbocycles. The molecule has 1 N–H and O–H groups in total. The number of hydrogen-bond acceptors (Lipinski definition) is 6. The van der Waals surface area contributed by atoms with Gasteiger partial charge in [-0.3, -0.25) is 13.9 Å². The number of anilines is 1. The monoisotopic (exact) mass is 364 g/mol. The van der Waals surface area contributed by atoms with Crippen molar-refractivity contribution in [3.05, 3.63) is 20.8 Å². The van der Waals surface area contributed by atoms with Crippen molar-refractivity contribution in [3.63, 3.8) is 0 Å². The Balaban J connectivity index is 1.79. The number of fused-ring (bicyclic) bond motifs is 1. The Bertz CT molecular complexity index is 956. The van der Waals surface area contributed by atoms with E-state index in [0.29, 0.717) is 43.3 Å². The number of aromatic nitrogens is 4. The standard InChI is InChI=1S/C16H24N6O4/c1-16(2,3)26-15(25)22-8-6-21(7-9-22)13-17-10-11(18-13)19(4)14(24)20(5)12(10)23/h6-9H2,1-5H3,(H,17,18). The van der Waals surface area contributed by atoms with E-state index in [0.717, 1.165) is 4.57 Å². The van der Waals surface area contributed by atoms with Gasteiger partial charge in [0.2, 0.25) is 5.95 Å². The first kappa shape index (κ1) is 18.0. The van der Waals surface area contributed by atoms with E-state index in [1.54, 1.807) is 11.9 Å². The zero-order chi connectivity index (χ0) is 19.2. The van der Waals surface area contributed by atoms with Crippen molar-refractivity contribution < 1.29 is 9.53 Å². The number of hydrogen-bond donors (Lipinski definition) is 1. The van der Waals surface area contributed by atoms with Crippen molar-refractivity contribution in [2.45, 2.75) is 26.4 Å². The highest BCUT2D eigenvalue weighted by atomic mass is 16.6. The first-order valence-corrected chi connectivity index (χ1v) is 8.47. The van der Waals surface area contributed by atoms with Crippen molar-refractivity contribution >= 4 is 23.2 Å². The van der Waals surface area contributed by atoms with Gasteiger partial charge in [0, 0.05) is 40.3 Å². The smallest absolute Gasteiger partial charge is 0.410 e. The highest BCUT2D eigenvalue weighted by molar-refractivity contribution is 5.73. The van der Waals surface area contributed by atoms with Crippen LogP contribution in [0.5, 0.6) is 0 Å². The van der Waals surface area contributed by atoms with Crippen LogP contribution >= 0.6 is 0 Å². The number of piperazine rings is 1. The molecule has 10 heteroatoms. The first-order valence-electron chi connectivity index (χ1n) is 8.47. The molecular formula is C16H24N6O4. The molecule has 0 bridgehead atoms. The number of nitrogens with zero attached hydrogens (tertiary/aromatic N) is 5. The molecule has 3 heterocycles. The Morgan fingerprint density at radius 2 is 1.69 bits per heavy atom. The average Bonchev–Trinajstić information content (AvgIpc) is 3.02. The number of H-pyrrole nitrogens is 1. The van der Waals surface area contributed by atoms with Gasteiger partial charge in [0.15, 0.2) is 11.2 Å². The number of aryl methyl sites for hydroxylation is 1. The maximum absolute atomic E-state index is 12.3. The number of rotatable bonds is 1. The van der Waals surface area contributed by atoms with Crippen LogP contribution in [-0.2, 0) is 18.8 Å². The zero-order valence-electron chi connectivity index (χ0n) is 15.7. The predicted molar refractivity (Wildman–Crippen MR) is 96.6 cm³/mol. The number of carbonyl (C=O) groups excluding carboxylic acids is 1. The van der Waals surface area contributed by atoms with Gasteiger partial charge in [-0.05, 0) is 20.8 Å². The van der Waals surface area contributed by atoms with E-state index >= 15 is 0 Å². The fourth-order valence-electron chi connectivity index (χ4n) is 2.89. The number of imidazole rings is 1. The van der Waals surface area contributed by atoms with E-state index in [1.807, 2.05) is 25.7 Å². The van der Waals surface area contributed by atoms with E-state index in [9.17, 15) is 14.4 Å². The van der Waals surface area contributed by atoms with Crippen LogP contribution in [0.15, 0.2) is 9.59 Å². The number of aromatic amines is 1. The molecule has 1 aliphatic heterocycles. The van der Waals surface area contributed by atoms with Gasteiger partial charge in [-0.25, -0.2) is 9.59 Å². The van der Waals surface area contributed by atoms with Crippen LogP contribution in [0.3, 0.4) is 0 Å². The maximum atomic E-state index is 12.3. The molecule has 1 amide bonds. The van der Waals surface area contributed by atoms with Gasteiger partial charge in [-0.1, -0.05) is 0 Å². The minimum Gasteiger partial charge on any atom is -0.444 e. The normalized spacial score (nSPS) is 15.6. The third kappa shape index (κ3) is 3.18. The minimum absolute atomic E-state index is 0.291. The van der Waals surface area contributed by atoms with Gasteiger partial charge in [-0.2, -0.15) is 4.98 Å². The maximum Gasteiger partial charge on any atom is 0.410 e. The molecule has 0 aliphatic carbocycles. The fourth-order valence-corrected chi connectivity index (χ4v) is 2.89. The van der Waals surface area contributed by atoms with E-state index in [4.69, 9.17) is 4.74 Å². The summed E-state index contributed by atoms with van der Waals surface area (Å²) in [5.74, 6) is 0.516. The van der Waals surface area contributed by atoms with Crippen molar-refractivity contribution in [3.8, 4) is 0 Å². The number of ether oxygens (including phenoxy) is 1. The van der Waals surface area contributed by atoms with Crippen LogP contribution in [0.1, 0.15) is 20.8 Å². The molecule has 1 fully saturated rings. The third-order valence-corrected chi connectivity index (χ3v) is 4.31. The molecule has 2 aromatic rings. The molecule has 10 nitrogen and oxygen atoms in total. The molecule has 1 saturated heterocycles. The Morgan fingerprint density at radius 1 is 1.08 bits per heavy atom. The van der Waals surface area contributed by atoms with Crippen LogP contribution in [0.25, 0.3) is 11.2 Å². The highest BCUT2D eigenvalue weighted by Crippen LogP contribution is 2.17. The molecular weight excluding hydrogens is 340 g/mol. The molecule has 1 aliphatic rings. The summed E-state index contributed by atoms with van der Waals surface area (Å²) in [6.45, 7) is 7.58. The first-order chi connectivity index (χ1) is 12.1. The second kappa shape index (κ2) is 6.19. The molecule has 142 valence electrons. The molecule has 0 spiro atoms. The van der Waals surface area contributed by atoms with Crippen molar-refractivity contribution in [1.29, 1.82) is 0 Å². The molecule has 26 heavy (non-hydrogen) atoms. The van der Waals surface area contributed by atoms with E-state index in [1.165, 1.54) is 11.6 Å². The topological polar surface area (TPSA) is 105 Å². The van der Waals surface area contributed by atoms with Crippen molar-refractivity contribution in [2.75, 3.05) is 31.1 Å². The summed E-state index contributed by atoms with van der Waals surface area (Å²) in [7, 11) is 3.01. The average molecular weight is 364 g/mol. The van der Waals surface area contributed by atoms with Crippen LogP contribution in [0, 0.1) is 0 Å². The lowest BCUT2D eigenvalue weighted by Gasteiger charge is -2.35. The zero-order valence-corrected chi connectivity index (χ0v) is 15.7. The van der Waals surface area contributed by atoms with Crippen molar-refractivity contribution in [2.24, 2.45) is 14.1 Å². The van der Waals surface area contributed by atoms with Crippen LogP contribution in [0.4, 0.5) is 10.7 Å². The summed E-state index contributed by atoms with van der Waals surface area (Å²) in [5, 5.41) is 0. The van der Waals surface area contributed by atoms with Crippen LogP contribution < -0.4 is 16.1 Å². The molecule has 0 unspecified atom stereocenters. The highest BCUT2D eigenvalue weighted by Gasteiger charge is 2.27. The molecule has 0 atom stereocenters. The summed E-state index contributed by atoms with van der Waals surface area (Å²) in [6.07, 6.45) is -0.335. The third-order valence-electron chi connectivity index (χ3n) is 4.31. The summed E-state index contributed by atoms with van der Waals surface area (Å²) >= 11 is 0. The Morgan fingerprint density at radius 3 is 2.27 bits per heavy atom. The predicted octanol–water partition coefficient (Wildman–Crippen LogP) is 0.0174. The molecule has 0 aromatic carbocycles. The lowest BCUT2D eigenvalue weighted by molar-refractivity contribution is 0.0240. The van der Waals surface area contributed by atoms with Gasteiger partial charge >= 0.3 is 11.8 Å². The summed E-state index contributed by atoms with van der Waals surface area (Å²) in [4.78, 5) is 47.5. The largest absolute Gasteiger partial charge is 0.444 e. The quantitative estimate of drug-likeness (QED) is 0.765. The van der Waals surface area contributed by atoms with Crippen molar-refractivity contribution in [1.82, 2.24) is 24.0 Å². The van der Waals surface area contributed by atoms with Gasteiger partial charge < -0.3 is 19.5 Å². The lowest BCUT2D eigenvalue weighted by Crippen LogP contribution is -2.50. The second-order valence-corrected chi connectivity index (χ2v) is 7.42. The van der Waals surface area contributed by atoms with Crippen LogP contribution in [0.2, 0.25) is 0 Å². The Kier molecular flexibility index (Phi) is 4.29. The Labute approximate surface area is 150 Å². The SMILES string of the molecule is Cn1c(=O)c2[nH]c(N3CCN(C(=O)OC(C)(C)C)CC3)nc2n(C)c1=O. The number of nitrogens with one attached hydrogen (secondary N) is 1. The summed E-state index contributed by atoms with van der Waals surface area (Å²) < 4.78 is 7.77. The fraction of sp³-hybridized carbons (Fsp3) is 0.625. The van der Waals surface area contributed by atoms with Gasteiger partial charge in [-0.15, -0.1) is 0 Å². The van der Waals surface area contributed by atoms with Gasteiger partial charge in [0.25, 0.3) is 5.56 Å². The Hall–Kier alpha value is -2.78. The van der Waals surface area contributed by atoms with E-state index in [-0.39, 0.29) is 6.09 Å². The van der Waals surface area contributed by atoms with Crippen LogP contribution in [-0.4, -0.2) is 61.9 Å². The minimum atomic E-state index is -0.530. The summed E-state index contributed by atoms with van der Waals surface area (Å²) in [6, 6.07) is 0. The second-order valence-electron chi connectivity index (χ2n) is 7.42. The van der Waals surface area contributed by atoms with Gasteiger partial charge in [0.05, 0.1) is 0 Å². The van der Waals surface area contributed by atoms with E-state index in [2.05, 4.69) is 9.97 Å². The molecule has 3 rings (SSSR count). The molecule has 0 radical (unpaired) electrons. The number of carbonyl (C=O) groups is 1. The molecule has 2 aromatic heterocycles. The lowest BCUT2D eigenvalue weighted by atomic mass is 10.2.